The molecule has 6 nitrogen and oxygen atoms in total. The number of ketones is 1. The van der Waals surface area contributed by atoms with Gasteiger partial charge in [-0.3, -0.25) is 14.4 Å². The van der Waals surface area contributed by atoms with Crippen LogP contribution in [0.5, 0.6) is 5.75 Å². The minimum Gasteiger partial charge on any atom is -0.494 e. The van der Waals surface area contributed by atoms with E-state index in [1.54, 1.807) is 41.0 Å². The molecule has 1 saturated heterocycles. The van der Waals surface area contributed by atoms with Crippen LogP contribution in [0.4, 0.5) is 0 Å². The molecule has 0 bridgehead atoms. The zero-order valence-electron chi connectivity index (χ0n) is 15.0. The second kappa shape index (κ2) is 9.20. The van der Waals surface area contributed by atoms with Crippen LogP contribution in [0.3, 0.4) is 0 Å². The highest BCUT2D eigenvalue weighted by atomic mass is 16.5. The van der Waals surface area contributed by atoms with Crippen LogP contribution in [0.15, 0.2) is 24.3 Å². The molecule has 0 aliphatic carbocycles. The van der Waals surface area contributed by atoms with Crippen LogP contribution >= 0.6 is 0 Å². The van der Waals surface area contributed by atoms with E-state index in [9.17, 15) is 14.4 Å². The highest BCUT2D eigenvalue weighted by molar-refractivity contribution is 5.98. The Hall–Kier alpha value is -2.37. The van der Waals surface area contributed by atoms with E-state index < -0.39 is 0 Å². The molecule has 25 heavy (non-hydrogen) atoms. The van der Waals surface area contributed by atoms with Crippen LogP contribution in [0, 0.1) is 0 Å². The smallest absolute Gasteiger partial charge is 0.223 e. The lowest BCUT2D eigenvalue weighted by atomic mass is 10.1. The van der Waals surface area contributed by atoms with Gasteiger partial charge in [-0.25, -0.2) is 0 Å². The first-order valence-corrected chi connectivity index (χ1v) is 8.80. The number of ether oxygens (including phenoxy) is 1. The molecule has 0 N–H and O–H groups in total. The van der Waals surface area contributed by atoms with Crippen molar-refractivity contribution >= 4 is 17.6 Å². The largest absolute Gasteiger partial charge is 0.494 e. The molecule has 1 aromatic carbocycles. The first-order valence-electron chi connectivity index (χ1n) is 8.80. The van der Waals surface area contributed by atoms with E-state index >= 15 is 0 Å². The van der Waals surface area contributed by atoms with Crippen molar-refractivity contribution < 1.29 is 19.1 Å². The average molecular weight is 346 g/mol. The van der Waals surface area contributed by atoms with E-state index in [-0.39, 0.29) is 30.4 Å². The molecule has 6 heteroatoms. The molecule has 0 aromatic heterocycles. The van der Waals surface area contributed by atoms with E-state index in [1.807, 2.05) is 6.92 Å². The lowest BCUT2D eigenvalue weighted by Crippen LogP contribution is -2.36. The van der Waals surface area contributed by atoms with Crippen LogP contribution in [-0.2, 0) is 9.59 Å². The third kappa shape index (κ3) is 5.59. The molecule has 1 heterocycles. The first-order chi connectivity index (χ1) is 12.0. The van der Waals surface area contributed by atoms with E-state index in [0.717, 1.165) is 12.2 Å². The molecule has 1 aliphatic heterocycles. The Morgan fingerprint density at radius 1 is 0.960 bits per heavy atom. The van der Waals surface area contributed by atoms with Gasteiger partial charge in [-0.1, -0.05) is 0 Å². The van der Waals surface area contributed by atoms with E-state index in [1.165, 1.54) is 0 Å². The fourth-order valence-corrected chi connectivity index (χ4v) is 2.91. The summed E-state index contributed by atoms with van der Waals surface area (Å²) in [6.07, 6.45) is 1.17. The van der Waals surface area contributed by atoms with Gasteiger partial charge in [0.1, 0.15) is 5.75 Å². The molecule has 1 fully saturated rings. The number of hydrogen-bond acceptors (Lipinski definition) is 4. The van der Waals surface area contributed by atoms with Crippen LogP contribution in [0.25, 0.3) is 0 Å². The highest BCUT2D eigenvalue weighted by Gasteiger charge is 2.20. The van der Waals surface area contributed by atoms with Crippen molar-refractivity contribution in [1.82, 2.24) is 9.80 Å². The molecule has 1 aliphatic rings. The predicted octanol–water partition coefficient (Wildman–Crippen LogP) is 2.13. The predicted molar refractivity (Wildman–Crippen MR) is 94.6 cm³/mol. The zero-order valence-corrected chi connectivity index (χ0v) is 15.0. The summed E-state index contributed by atoms with van der Waals surface area (Å²) >= 11 is 0. The number of rotatable bonds is 6. The molecular weight excluding hydrogens is 320 g/mol. The normalized spacial score (nSPS) is 14.8. The zero-order chi connectivity index (χ0) is 18.2. The molecule has 0 atom stereocenters. The monoisotopic (exact) mass is 346 g/mol. The summed E-state index contributed by atoms with van der Waals surface area (Å²) in [5, 5.41) is 0. The number of benzene rings is 1. The number of Topliss-reactive ketones (excluding diaryl/α,β-unsaturated/α-hetero) is 1. The Morgan fingerprint density at radius 3 is 2.24 bits per heavy atom. The number of carbonyl (C=O) groups is 3. The van der Waals surface area contributed by atoms with E-state index in [2.05, 4.69) is 0 Å². The van der Waals surface area contributed by atoms with Gasteiger partial charge in [0.15, 0.2) is 5.78 Å². The topological polar surface area (TPSA) is 66.9 Å². The lowest BCUT2D eigenvalue weighted by molar-refractivity contribution is -0.132. The van der Waals surface area contributed by atoms with Crippen molar-refractivity contribution in [2.75, 3.05) is 32.8 Å². The standard InChI is InChI=1S/C19H26N2O4/c1-3-25-17-7-5-16(6-8-17)18(23)9-10-19(24)21-12-4-11-20(13-14-21)15(2)22/h5-8H,3-4,9-14H2,1-2H3. The fraction of sp³-hybridized carbons (Fsp3) is 0.526. The maximum absolute atomic E-state index is 12.4. The van der Waals surface area contributed by atoms with Crippen molar-refractivity contribution in [3.8, 4) is 5.75 Å². The van der Waals surface area contributed by atoms with Crippen molar-refractivity contribution in [3.63, 3.8) is 0 Å². The molecule has 2 amide bonds. The van der Waals surface area contributed by atoms with Gasteiger partial charge in [0, 0.05) is 51.5 Å². The highest BCUT2D eigenvalue weighted by Crippen LogP contribution is 2.15. The van der Waals surface area contributed by atoms with Gasteiger partial charge in [0.05, 0.1) is 6.61 Å². The van der Waals surface area contributed by atoms with Crippen molar-refractivity contribution in [2.45, 2.75) is 33.1 Å². The average Bonchev–Trinajstić information content (AvgIpc) is 2.86. The quantitative estimate of drug-likeness (QED) is 0.740. The number of carbonyl (C=O) groups excluding carboxylic acids is 3. The Kier molecular flexibility index (Phi) is 6.98. The molecule has 0 radical (unpaired) electrons. The van der Waals surface area contributed by atoms with Gasteiger partial charge in [0.25, 0.3) is 0 Å². The SMILES string of the molecule is CCOc1ccc(C(=O)CCC(=O)N2CCCN(C(C)=O)CC2)cc1. The fourth-order valence-electron chi connectivity index (χ4n) is 2.91. The molecule has 136 valence electrons. The van der Waals surface area contributed by atoms with Gasteiger partial charge in [0.2, 0.25) is 11.8 Å². The Bertz CT molecular complexity index is 612. The molecule has 0 saturated carbocycles. The summed E-state index contributed by atoms with van der Waals surface area (Å²) in [6.45, 7) is 6.46. The Balaban J connectivity index is 1.82. The number of amides is 2. The first kappa shape index (κ1) is 19.0. The van der Waals surface area contributed by atoms with Crippen molar-refractivity contribution in [2.24, 2.45) is 0 Å². The third-order valence-electron chi connectivity index (χ3n) is 4.35. The van der Waals surface area contributed by atoms with Crippen molar-refractivity contribution in [3.05, 3.63) is 29.8 Å². The van der Waals surface area contributed by atoms with Crippen LogP contribution in [0.2, 0.25) is 0 Å². The van der Waals surface area contributed by atoms with Gasteiger partial charge in [-0.05, 0) is 37.6 Å². The van der Waals surface area contributed by atoms with Crippen LogP contribution in [-0.4, -0.2) is 60.2 Å². The summed E-state index contributed by atoms with van der Waals surface area (Å²) < 4.78 is 5.36. The third-order valence-corrected chi connectivity index (χ3v) is 4.35. The number of hydrogen-bond donors (Lipinski definition) is 0. The summed E-state index contributed by atoms with van der Waals surface area (Å²) in [7, 11) is 0. The van der Waals surface area contributed by atoms with Crippen LogP contribution in [0.1, 0.15) is 43.5 Å². The lowest BCUT2D eigenvalue weighted by Gasteiger charge is -2.21. The molecule has 2 rings (SSSR count). The van der Waals surface area contributed by atoms with Gasteiger partial charge in [-0.2, -0.15) is 0 Å². The molecule has 1 aromatic rings. The minimum absolute atomic E-state index is 0.0234. The summed E-state index contributed by atoms with van der Waals surface area (Å²) in [6, 6.07) is 7.00. The van der Waals surface area contributed by atoms with Gasteiger partial charge >= 0.3 is 0 Å². The molecule has 0 unspecified atom stereocenters. The number of nitrogens with zero attached hydrogens (tertiary/aromatic N) is 2. The Morgan fingerprint density at radius 2 is 1.60 bits per heavy atom. The second-order valence-corrected chi connectivity index (χ2v) is 6.12. The summed E-state index contributed by atoms with van der Waals surface area (Å²) in [4.78, 5) is 39.6. The summed E-state index contributed by atoms with van der Waals surface area (Å²) in [5.41, 5.74) is 0.592. The minimum atomic E-state index is -0.0448. The van der Waals surface area contributed by atoms with Crippen LogP contribution < -0.4 is 4.74 Å². The van der Waals surface area contributed by atoms with Crippen molar-refractivity contribution in [1.29, 1.82) is 0 Å². The second-order valence-electron chi connectivity index (χ2n) is 6.12. The summed E-state index contributed by atoms with van der Waals surface area (Å²) in [5.74, 6) is 0.705. The maximum Gasteiger partial charge on any atom is 0.223 e. The van der Waals surface area contributed by atoms with Gasteiger partial charge in [-0.15, -0.1) is 0 Å². The Labute approximate surface area is 148 Å². The van der Waals surface area contributed by atoms with E-state index in [4.69, 9.17) is 4.74 Å². The molecule has 0 spiro atoms. The van der Waals surface area contributed by atoms with E-state index in [0.29, 0.717) is 38.3 Å². The molecular formula is C19H26N2O4. The maximum atomic E-state index is 12.4. The van der Waals surface area contributed by atoms with Gasteiger partial charge < -0.3 is 14.5 Å².